The van der Waals surface area contributed by atoms with E-state index < -0.39 is 5.60 Å². The van der Waals surface area contributed by atoms with Gasteiger partial charge in [0.15, 0.2) is 0 Å². The van der Waals surface area contributed by atoms with Crippen LogP contribution in [0.25, 0.3) is 16.6 Å². The number of rotatable bonds is 2. The molecule has 154 valence electrons. The Labute approximate surface area is 177 Å². The van der Waals surface area contributed by atoms with Gasteiger partial charge in [-0.1, -0.05) is 0 Å². The highest BCUT2D eigenvalue weighted by Gasteiger charge is 2.28. The lowest BCUT2D eigenvalue weighted by Gasteiger charge is -2.33. The fourth-order valence-corrected chi connectivity index (χ4v) is 4.24. The minimum atomic E-state index is -0.473. The predicted molar refractivity (Wildman–Crippen MR) is 115 cm³/mol. The number of likely N-dealkylation sites (tertiary alicyclic amines) is 1. The molecule has 3 aromatic heterocycles. The highest BCUT2D eigenvalue weighted by atomic mass is 79.9. The molecule has 0 atom stereocenters. The van der Waals surface area contributed by atoms with Gasteiger partial charge >= 0.3 is 6.09 Å². The van der Waals surface area contributed by atoms with Crippen LogP contribution in [0.4, 0.5) is 10.5 Å². The number of amides is 1. The maximum atomic E-state index is 12.2. The molecular weight excluding hydrogens is 436 g/mol. The number of carbonyl (C=O) groups excluding carboxylic acids is 1. The summed E-state index contributed by atoms with van der Waals surface area (Å²) in [6.45, 7) is 6.99. The Morgan fingerprint density at radius 3 is 2.59 bits per heavy atom. The Hall–Kier alpha value is -2.55. The Balaban J connectivity index is 1.46. The third-order valence-corrected chi connectivity index (χ3v) is 5.62. The van der Waals surface area contributed by atoms with Gasteiger partial charge in [0.25, 0.3) is 0 Å². The van der Waals surface area contributed by atoms with Crippen molar-refractivity contribution >= 4 is 33.2 Å². The molecule has 3 aromatic rings. The van der Waals surface area contributed by atoms with Crippen molar-refractivity contribution in [2.24, 2.45) is 0 Å². The number of hydrogen-bond acceptors (Lipinski definition) is 5. The summed E-state index contributed by atoms with van der Waals surface area (Å²) >= 11 is 3.58. The Kier molecular flexibility index (Phi) is 5.02. The van der Waals surface area contributed by atoms with Crippen LogP contribution in [0, 0.1) is 0 Å². The lowest BCUT2D eigenvalue weighted by Crippen LogP contribution is -2.42. The number of nitrogen functional groups attached to an aromatic ring is 1. The second-order valence-corrected chi connectivity index (χ2v) is 9.23. The molecule has 0 radical (unpaired) electrons. The van der Waals surface area contributed by atoms with E-state index >= 15 is 0 Å². The molecule has 0 unspecified atom stereocenters. The fourth-order valence-electron chi connectivity index (χ4n) is 3.58. The molecule has 0 bridgehead atoms. The molecule has 29 heavy (non-hydrogen) atoms. The largest absolute Gasteiger partial charge is 0.444 e. The van der Waals surface area contributed by atoms with E-state index in [1.165, 1.54) is 0 Å². The number of piperidine rings is 1. The van der Waals surface area contributed by atoms with Crippen molar-refractivity contribution in [1.82, 2.24) is 24.3 Å². The molecule has 0 aromatic carbocycles. The van der Waals surface area contributed by atoms with Crippen LogP contribution in [0.5, 0.6) is 0 Å². The van der Waals surface area contributed by atoms with Crippen LogP contribution >= 0.6 is 15.9 Å². The third kappa shape index (κ3) is 4.10. The fraction of sp³-hybridized carbons (Fsp3) is 0.450. The van der Waals surface area contributed by atoms with Crippen molar-refractivity contribution in [1.29, 1.82) is 0 Å². The summed E-state index contributed by atoms with van der Waals surface area (Å²) in [5.74, 6) is 0. The van der Waals surface area contributed by atoms with Crippen molar-refractivity contribution < 1.29 is 9.53 Å². The molecule has 1 aliphatic heterocycles. The number of pyridine rings is 1. The van der Waals surface area contributed by atoms with E-state index in [1.54, 1.807) is 15.6 Å². The molecule has 0 spiro atoms. The van der Waals surface area contributed by atoms with Gasteiger partial charge in [-0.2, -0.15) is 10.2 Å². The van der Waals surface area contributed by atoms with Crippen LogP contribution in [0.3, 0.4) is 0 Å². The van der Waals surface area contributed by atoms with Gasteiger partial charge in [-0.25, -0.2) is 9.31 Å². The number of carbonyl (C=O) groups is 1. The molecule has 0 saturated carbocycles. The van der Waals surface area contributed by atoms with Gasteiger partial charge in [0.05, 0.1) is 24.1 Å². The molecule has 8 nitrogen and oxygen atoms in total. The van der Waals surface area contributed by atoms with Crippen molar-refractivity contribution in [3.63, 3.8) is 0 Å². The van der Waals surface area contributed by atoms with Gasteiger partial charge < -0.3 is 15.4 Å². The first-order valence-electron chi connectivity index (χ1n) is 9.66. The highest BCUT2D eigenvalue weighted by Crippen LogP contribution is 2.30. The maximum absolute atomic E-state index is 12.2. The van der Waals surface area contributed by atoms with Crippen molar-refractivity contribution in [2.45, 2.75) is 45.3 Å². The second-order valence-electron chi connectivity index (χ2n) is 8.38. The molecule has 4 heterocycles. The zero-order valence-electron chi connectivity index (χ0n) is 16.8. The first kappa shape index (κ1) is 19.8. The highest BCUT2D eigenvalue weighted by molar-refractivity contribution is 9.10. The van der Waals surface area contributed by atoms with Crippen molar-refractivity contribution in [3.05, 3.63) is 35.3 Å². The lowest BCUT2D eigenvalue weighted by atomic mass is 10.1. The molecule has 0 aliphatic carbocycles. The molecule has 1 fully saturated rings. The maximum Gasteiger partial charge on any atom is 0.410 e. The molecule has 9 heteroatoms. The topological polar surface area (TPSA) is 90.7 Å². The number of nitrogens with two attached hydrogens (primary N) is 1. The number of anilines is 1. The Bertz CT molecular complexity index is 1040. The average molecular weight is 461 g/mol. The van der Waals surface area contributed by atoms with Crippen LogP contribution in [-0.4, -0.2) is 49.1 Å². The van der Waals surface area contributed by atoms with Crippen LogP contribution in [-0.2, 0) is 4.74 Å². The van der Waals surface area contributed by atoms with E-state index in [4.69, 9.17) is 10.5 Å². The third-order valence-electron chi connectivity index (χ3n) is 5.02. The number of hydrogen-bond donors (Lipinski definition) is 1. The monoisotopic (exact) mass is 460 g/mol. The van der Waals surface area contributed by atoms with E-state index in [9.17, 15) is 4.79 Å². The van der Waals surface area contributed by atoms with E-state index in [1.807, 2.05) is 50.1 Å². The standard InChI is InChI=1S/C20H25BrN6O2/c1-20(2,3)29-19(28)25-6-4-15(5-7-25)26-12-14(9-23-26)13-8-16(21)18-17(22)10-24-27(18)11-13/h8-12,15H,4-7,22H2,1-3H3. The van der Waals surface area contributed by atoms with Crippen LogP contribution in [0.2, 0.25) is 0 Å². The zero-order chi connectivity index (χ0) is 20.8. The molecular formula is C20H25BrN6O2. The van der Waals surface area contributed by atoms with Crippen LogP contribution < -0.4 is 5.73 Å². The predicted octanol–water partition coefficient (Wildman–Crippen LogP) is 4.11. The van der Waals surface area contributed by atoms with Crippen molar-refractivity contribution in [2.75, 3.05) is 18.8 Å². The minimum absolute atomic E-state index is 0.242. The number of fused-ring (bicyclic) bond motifs is 1. The van der Waals surface area contributed by atoms with Crippen LogP contribution in [0.15, 0.2) is 35.3 Å². The number of aromatic nitrogens is 4. The summed E-state index contributed by atoms with van der Waals surface area (Å²) in [7, 11) is 0. The average Bonchev–Trinajstić information content (AvgIpc) is 3.28. The molecule has 4 rings (SSSR count). The molecule has 2 N–H and O–H groups in total. The van der Waals surface area contributed by atoms with Crippen LogP contribution in [0.1, 0.15) is 39.7 Å². The summed E-state index contributed by atoms with van der Waals surface area (Å²) in [6, 6.07) is 2.29. The van der Waals surface area contributed by atoms with E-state index in [-0.39, 0.29) is 12.1 Å². The van der Waals surface area contributed by atoms with Gasteiger partial charge in [-0.15, -0.1) is 0 Å². The first-order valence-corrected chi connectivity index (χ1v) is 10.5. The summed E-state index contributed by atoms with van der Waals surface area (Å²) in [6.07, 6.45) is 8.95. The van der Waals surface area contributed by atoms with Gasteiger partial charge in [0, 0.05) is 41.1 Å². The SMILES string of the molecule is CC(C)(C)OC(=O)N1CCC(n2cc(-c3cc(Br)c4c(N)cnn4c3)cn2)CC1. The zero-order valence-corrected chi connectivity index (χ0v) is 18.4. The molecule has 1 aliphatic rings. The first-order chi connectivity index (χ1) is 13.7. The summed E-state index contributed by atoms with van der Waals surface area (Å²) < 4.78 is 10.1. The Morgan fingerprint density at radius 1 is 1.17 bits per heavy atom. The van der Waals surface area contributed by atoms with E-state index in [0.717, 1.165) is 34.0 Å². The smallest absolute Gasteiger partial charge is 0.410 e. The Morgan fingerprint density at radius 2 is 1.90 bits per heavy atom. The summed E-state index contributed by atoms with van der Waals surface area (Å²) in [4.78, 5) is 14.0. The van der Waals surface area contributed by atoms with Gasteiger partial charge in [0.2, 0.25) is 0 Å². The van der Waals surface area contributed by atoms with Gasteiger partial charge in [-0.05, 0) is 55.6 Å². The molecule has 1 saturated heterocycles. The van der Waals surface area contributed by atoms with E-state index in [0.29, 0.717) is 18.8 Å². The number of halogens is 1. The summed E-state index contributed by atoms with van der Waals surface area (Å²) in [5.41, 5.74) is 9.00. The van der Waals surface area contributed by atoms with Crippen molar-refractivity contribution in [3.8, 4) is 11.1 Å². The lowest BCUT2D eigenvalue weighted by molar-refractivity contribution is 0.0185. The normalized spacial score (nSPS) is 15.8. The molecule has 1 amide bonds. The van der Waals surface area contributed by atoms with Gasteiger partial charge in [-0.3, -0.25) is 4.68 Å². The van der Waals surface area contributed by atoms with Gasteiger partial charge in [0.1, 0.15) is 11.1 Å². The minimum Gasteiger partial charge on any atom is -0.444 e. The second kappa shape index (κ2) is 7.37. The quantitative estimate of drug-likeness (QED) is 0.620. The van der Waals surface area contributed by atoms with E-state index in [2.05, 4.69) is 26.1 Å². The number of ether oxygens (including phenoxy) is 1. The number of nitrogens with zero attached hydrogens (tertiary/aromatic N) is 5. The summed E-state index contributed by atoms with van der Waals surface area (Å²) in [5, 5.41) is 8.87.